The van der Waals surface area contributed by atoms with Gasteiger partial charge >= 0.3 is 0 Å². The van der Waals surface area contributed by atoms with Crippen LogP contribution in [0.25, 0.3) is 0 Å². The van der Waals surface area contributed by atoms with Crippen molar-refractivity contribution in [3.05, 3.63) is 34.6 Å². The Bertz CT molecular complexity index is 476. The van der Waals surface area contributed by atoms with E-state index in [4.69, 9.17) is 17.3 Å². The molecule has 0 heterocycles. The van der Waals surface area contributed by atoms with Crippen molar-refractivity contribution in [2.75, 3.05) is 6.54 Å². The van der Waals surface area contributed by atoms with E-state index in [2.05, 4.69) is 0 Å². The summed E-state index contributed by atoms with van der Waals surface area (Å²) in [5.74, 6) is -0.906. The highest BCUT2D eigenvalue weighted by molar-refractivity contribution is 7.91. The summed E-state index contributed by atoms with van der Waals surface area (Å²) in [7, 11) is -3.38. The molecule has 0 aromatic heterocycles. The molecule has 0 spiro atoms. The number of sulfone groups is 1. The molecule has 0 aliphatic rings. The Morgan fingerprint density at radius 1 is 1.50 bits per heavy atom. The third kappa shape index (κ3) is 2.93. The molecule has 90 valence electrons. The lowest BCUT2D eigenvalue weighted by Gasteiger charge is -2.11. The van der Waals surface area contributed by atoms with Gasteiger partial charge in [0, 0.05) is 6.54 Å². The number of nitrogens with two attached hydrogens (primary N) is 1. The monoisotopic (exact) mass is 265 g/mol. The highest BCUT2D eigenvalue weighted by Gasteiger charge is 2.21. The minimum absolute atomic E-state index is 0.0370. The first-order valence-corrected chi connectivity index (χ1v) is 6.82. The van der Waals surface area contributed by atoms with E-state index in [0.29, 0.717) is 0 Å². The van der Waals surface area contributed by atoms with Crippen LogP contribution in [0.4, 0.5) is 4.39 Å². The second-order valence-electron chi connectivity index (χ2n) is 3.57. The Morgan fingerprint density at radius 3 is 2.69 bits per heavy atom. The van der Waals surface area contributed by atoms with Crippen molar-refractivity contribution in [3.63, 3.8) is 0 Å². The molecule has 0 aliphatic heterocycles. The van der Waals surface area contributed by atoms with Gasteiger partial charge in [-0.05, 0) is 18.6 Å². The van der Waals surface area contributed by atoms with Gasteiger partial charge in [0.25, 0.3) is 0 Å². The number of benzene rings is 1. The number of halogens is 2. The second-order valence-corrected chi connectivity index (χ2v) is 6.36. The molecule has 0 aliphatic carbocycles. The Hall–Kier alpha value is -0.650. The van der Waals surface area contributed by atoms with E-state index < -0.39 is 20.9 Å². The summed E-state index contributed by atoms with van der Waals surface area (Å²) < 4.78 is 36.6. The molecule has 1 atom stereocenters. The first kappa shape index (κ1) is 13.4. The fourth-order valence-corrected chi connectivity index (χ4v) is 2.69. The molecule has 2 N–H and O–H groups in total. The molecule has 0 amide bonds. The predicted octanol–water partition coefficient (Wildman–Crippen LogP) is 1.74. The van der Waals surface area contributed by atoms with Crippen LogP contribution in [0.1, 0.15) is 12.5 Å². The maximum absolute atomic E-state index is 13.1. The topological polar surface area (TPSA) is 60.2 Å². The van der Waals surface area contributed by atoms with Crippen LogP contribution in [0, 0.1) is 5.82 Å². The van der Waals surface area contributed by atoms with E-state index >= 15 is 0 Å². The maximum atomic E-state index is 13.1. The third-order valence-corrected chi connectivity index (χ3v) is 4.89. The summed E-state index contributed by atoms with van der Waals surface area (Å²) >= 11 is 5.68. The lowest BCUT2D eigenvalue weighted by Crippen LogP contribution is -2.27. The summed E-state index contributed by atoms with van der Waals surface area (Å²) in [5.41, 5.74) is 5.56. The zero-order valence-electron chi connectivity index (χ0n) is 8.78. The van der Waals surface area contributed by atoms with E-state index in [-0.39, 0.29) is 22.9 Å². The van der Waals surface area contributed by atoms with Crippen molar-refractivity contribution in [1.82, 2.24) is 0 Å². The average Bonchev–Trinajstić information content (AvgIpc) is 2.23. The quantitative estimate of drug-likeness (QED) is 0.902. The van der Waals surface area contributed by atoms with Gasteiger partial charge in [0.2, 0.25) is 0 Å². The number of hydrogen-bond donors (Lipinski definition) is 1. The van der Waals surface area contributed by atoms with E-state index in [1.165, 1.54) is 25.1 Å². The molecule has 0 fully saturated rings. The molecular weight excluding hydrogens is 253 g/mol. The third-order valence-electron chi connectivity index (χ3n) is 2.33. The Morgan fingerprint density at radius 2 is 2.12 bits per heavy atom. The fourth-order valence-electron chi connectivity index (χ4n) is 1.17. The van der Waals surface area contributed by atoms with Crippen molar-refractivity contribution in [3.8, 4) is 0 Å². The van der Waals surface area contributed by atoms with E-state index in [1.54, 1.807) is 0 Å². The smallest absolute Gasteiger partial charge is 0.158 e. The molecule has 1 unspecified atom stereocenters. The van der Waals surface area contributed by atoms with Crippen LogP contribution in [0.5, 0.6) is 0 Å². The van der Waals surface area contributed by atoms with Crippen LogP contribution in [0.2, 0.25) is 5.02 Å². The average molecular weight is 266 g/mol. The summed E-state index contributed by atoms with van der Waals surface area (Å²) in [6.45, 7) is 1.55. The lowest BCUT2D eigenvalue weighted by atomic mass is 10.2. The number of hydrogen-bond acceptors (Lipinski definition) is 3. The largest absolute Gasteiger partial charge is 0.329 e. The van der Waals surface area contributed by atoms with Gasteiger partial charge in [-0.3, -0.25) is 0 Å². The van der Waals surface area contributed by atoms with Gasteiger partial charge in [-0.1, -0.05) is 23.7 Å². The molecule has 6 heteroatoms. The second kappa shape index (κ2) is 5.12. The maximum Gasteiger partial charge on any atom is 0.158 e. The lowest BCUT2D eigenvalue weighted by molar-refractivity contribution is 0.582. The minimum Gasteiger partial charge on any atom is -0.329 e. The fraction of sp³-hybridized carbons (Fsp3) is 0.400. The van der Waals surface area contributed by atoms with Crippen molar-refractivity contribution in [1.29, 1.82) is 0 Å². The van der Waals surface area contributed by atoms with Crippen LogP contribution in [0.3, 0.4) is 0 Å². The summed E-state index contributed by atoms with van der Waals surface area (Å²) in [4.78, 5) is 0. The molecule has 1 aromatic carbocycles. The zero-order chi connectivity index (χ0) is 12.3. The van der Waals surface area contributed by atoms with Crippen LogP contribution >= 0.6 is 11.6 Å². The van der Waals surface area contributed by atoms with Crippen molar-refractivity contribution >= 4 is 21.4 Å². The van der Waals surface area contributed by atoms with Crippen molar-refractivity contribution in [2.45, 2.75) is 17.9 Å². The summed E-state index contributed by atoms with van der Waals surface area (Å²) in [6, 6.07) is 4.11. The molecule has 0 radical (unpaired) electrons. The molecule has 16 heavy (non-hydrogen) atoms. The molecule has 0 saturated heterocycles. The first-order valence-electron chi connectivity index (χ1n) is 4.73. The normalized spacial score (nSPS) is 13.8. The number of rotatable bonds is 4. The van der Waals surface area contributed by atoms with Gasteiger partial charge in [0.1, 0.15) is 5.82 Å². The van der Waals surface area contributed by atoms with Crippen LogP contribution in [-0.2, 0) is 15.6 Å². The van der Waals surface area contributed by atoms with Crippen molar-refractivity contribution < 1.29 is 12.8 Å². The highest BCUT2D eigenvalue weighted by atomic mass is 35.5. The van der Waals surface area contributed by atoms with Crippen LogP contribution < -0.4 is 5.73 Å². The Kier molecular flexibility index (Phi) is 4.29. The standard InChI is InChI=1S/C10H13ClFNO2S/c1-7(5-13)16(14,15)6-8-3-2-4-9(12)10(8)11/h2-4,7H,5-6,13H2,1H3. The van der Waals surface area contributed by atoms with Gasteiger partial charge in [-0.25, -0.2) is 12.8 Å². The molecule has 0 saturated carbocycles. The van der Waals surface area contributed by atoms with E-state index in [9.17, 15) is 12.8 Å². The first-order chi connectivity index (χ1) is 7.38. The molecule has 1 rings (SSSR count). The minimum atomic E-state index is -3.38. The Balaban J connectivity index is 3.02. The summed E-state index contributed by atoms with van der Waals surface area (Å²) in [6.07, 6.45) is 0. The van der Waals surface area contributed by atoms with Crippen molar-refractivity contribution in [2.24, 2.45) is 5.73 Å². The molecule has 3 nitrogen and oxygen atoms in total. The van der Waals surface area contributed by atoms with Gasteiger partial charge in [-0.2, -0.15) is 0 Å². The van der Waals surface area contributed by atoms with Crippen LogP contribution in [-0.4, -0.2) is 20.2 Å². The molecule has 0 bridgehead atoms. The van der Waals surface area contributed by atoms with E-state index in [0.717, 1.165) is 0 Å². The van der Waals surface area contributed by atoms with Gasteiger partial charge in [0.15, 0.2) is 9.84 Å². The highest BCUT2D eigenvalue weighted by Crippen LogP contribution is 2.22. The van der Waals surface area contributed by atoms with Crippen LogP contribution in [0.15, 0.2) is 18.2 Å². The summed E-state index contributed by atoms with van der Waals surface area (Å²) in [5, 5.41) is -0.804. The Labute approximate surface area is 99.3 Å². The predicted molar refractivity (Wildman–Crippen MR) is 62.6 cm³/mol. The van der Waals surface area contributed by atoms with Gasteiger partial charge in [0.05, 0.1) is 16.0 Å². The molecule has 1 aromatic rings. The zero-order valence-corrected chi connectivity index (χ0v) is 10.4. The SMILES string of the molecule is CC(CN)S(=O)(=O)Cc1cccc(F)c1Cl. The van der Waals surface area contributed by atoms with E-state index in [1.807, 2.05) is 0 Å². The van der Waals surface area contributed by atoms with Gasteiger partial charge in [-0.15, -0.1) is 0 Å². The van der Waals surface area contributed by atoms with Gasteiger partial charge < -0.3 is 5.73 Å². The molecular formula is C10H13ClFNO2S.